The summed E-state index contributed by atoms with van der Waals surface area (Å²) in [6, 6.07) is 10.5. The highest BCUT2D eigenvalue weighted by molar-refractivity contribution is 7.14. The van der Waals surface area contributed by atoms with E-state index in [0.29, 0.717) is 21.8 Å². The minimum Gasteiger partial charge on any atom is -0.496 e. The summed E-state index contributed by atoms with van der Waals surface area (Å²) in [4.78, 5) is 54.5. The molecule has 2 aromatic carbocycles. The number of carbonyl (C=O) groups excluding carboxylic acids is 4. The molecule has 1 atom stereocenters. The van der Waals surface area contributed by atoms with Crippen LogP contribution in [0.5, 0.6) is 5.75 Å². The van der Waals surface area contributed by atoms with Crippen molar-refractivity contribution >= 4 is 40.8 Å². The molecule has 0 aliphatic heterocycles. The lowest BCUT2D eigenvalue weighted by Gasteiger charge is -2.26. The fourth-order valence-corrected chi connectivity index (χ4v) is 3.97. The molecule has 188 valence electrons. The molecule has 0 aliphatic rings. The molecule has 1 heterocycles. The average Bonchev–Trinajstić information content (AvgIpc) is 3.36. The number of ether oxygens (including phenoxy) is 2. The van der Waals surface area contributed by atoms with Crippen LogP contribution >= 0.6 is 11.3 Å². The number of esters is 1. The van der Waals surface area contributed by atoms with Crippen molar-refractivity contribution < 1.29 is 33.0 Å². The Hall–Kier alpha value is -4.32. The molecular formula is C24H23FN4O6S. The molecule has 0 bridgehead atoms. The van der Waals surface area contributed by atoms with Crippen molar-refractivity contribution in [3.8, 4) is 5.75 Å². The van der Waals surface area contributed by atoms with Crippen LogP contribution in [0.4, 0.5) is 14.3 Å². The van der Waals surface area contributed by atoms with Crippen molar-refractivity contribution in [2.75, 3.05) is 19.5 Å². The molecule has 2 N–H and O–H groups in total. The summed E-state index contributed by atoms with van der Waals surface area (Å²) in [6.07, 6.45) is 0.254. The largest absolute Gasteiger partial charge is 0.496 e. The highest BCUT2D eigenvalue weighted by atomic mass is 32.1. The summed E-state index contributed by atoms with van der Waals surface area (Å²) in [5, 5.41) is 6.56. The molecular weight excluding hydrogens is 491 g/mol. The molecule has 12 heteroatoms. The summed E-state index contributed by atoms with van der Waals surface area (Å²) in [5.74, 6) is -1.55. The first-order valence-corrected chi connectivity index (χ1v) is 11.5. The van der Waals surface area contributed by atoms with Crippen molar-refractivity contribution in [3.05, 3.63) is 76.5 Å². The molecule has 0 unspecified atom stereocenters. The van der Waals surface area contributed by atoms with Gasteiger partial charge in [0.1, 0.15) is 17.6 Å². The predicted octanol–water partition coefficient (Wildman–Crippen LogP) is 3.00. The van der Waals surface area contributed by atoms with E-state index in [0.717, 1.165) is 11.3 Å². The summed E-state index contributed by atoms with van der Waals surface area (Å²) in [7, 11) is 2.61. The monoisotopic (exact) mass is 514 g/mol. The third-order valence-corrected chi connectivity index (χ3v) is 5.82. The van der Waals surface area contributed by atoms with E-state index in [4.69, 9.17) is 4.74 Å². The van der Waals surface area contributed by atoms with Crippen LogP contribution in [0.3, 0.4) is 0 Å². The van der Waals surface area contributed by atoms with Crippen molar-refractivity contribution in [1.29, 1.82) is 0 Å². The number of aromatic nitrogens is 1. The Morgan fingerprint density at radius 1 is 1.17 bits per heavy atom. The van der Waals surface area contributed by atoms with Gasteiger partial charge < -0.3 is 20.1 Å². The van der Waals surface area contributed by atoms with Crippen molar-refractivity contribution in [2.24, 2.45) is 0 Å². The first kappa shape index (κ1) is 26.3. The number of thiazole rings is 1. The average molecular weight is 515 g/mol. The Morgan fingerprint density at radius 2 is 1.92 bits per heavy atom. The van der Waals surface area contributed by atoms with E-state index in [1.54, 1.807) is 30.3 Å². The molecule has 10 nitrogen and oxygen atoms in total. The lowest BCUT2D eigenvalue weighted by atomic mass is 10.0. The Labute approximate surface area is 210 Å². The number of hydrogen-bond donors (Lipinski definition) is 2. The number of carbonyl (C=O) groups is 4. The van der Waals surface area contributed by atoms with Crippen LogP contribution < -0.4 is 15.4 Å². The second kappa shape index (κ2) is 12.4. The van der Waals surface area contributed by atoms with E-state index in [2.05, 4.69) is 20.4 Å². The van der Waals surface area contributed by atoms with E-state index in [9.17, 15) is 23.6 Å². The van der Waals surface area contributed by atoms with Gasteiger partial charge in [-0.15, -0.1) is 11.3 Å². The van der Waals surface area contributed by atoms with Gasteiger partial charge in [0.2, 0.25) is 12.3 Å². The molecule has 0 saturated carbocycles. The number of anilines is 1. The van der Waals surface area contributed by atoms with Crippen molar-refractivity contribution in [2.45, 2.75) is 19.0 Å². The zero-order valence-corrected chi connectivity index (χ0v) is 20.2. The predicted molar refractivity (Wildman–Crippen MR) is 129 cm³/mol. The van der Waals surface area contributed by atoms with Gasteiger partial charge in [0.05, 0.1) is 14.2 Å². The molecule has 0 aliphatic carbocycles. The third-order valence-electron chi connectivity index (χ3n) is 5.06. The van der Waals surface area contributed by atoms with Gasteiger partial charge in [-0.05, 0) is 23.8 Å². The minimum atomic E-state index is -1.26. The fourth-order valence-electron chi connectivity index (χ4n) is 3.28. The topological polar surface area (TPSA) is 127 Å². The Morgan fingerprint density at radius 3 is 2.58 bits per heavy atom. The van der Waals surface area contributed by atoms with Gasteiger partial charge in [-0.1, -0.05) is 30.3 Å². The number of hydrogen-bond acceptors (Lipinski definition) is 8. The highest BCUT2D eigenvalue weighted by Gasteiger charge is 2.31. The maximum Gasteiger partial charge on any atom is 0.357 e. The summed E-state index contributed by atoms with van der Waals surface area (Å²) < 4.78 is 23.5. The number of methoxy groups -OCH3 is 2. The smallest absolute Gasteiger partial charge is 0.357 e. The molecule has 3 aromatic rings. The number of halogens is 1. The Bertz CT molecular complexity index is 1240. The van der Waals surface area contributed by atoms with E-state index in [1.807, 2.05) is 0 Å². The number of amides is 4. The molecule has 0 spiro atoms. The highest BCUT2D eigenvalue weighted by Crippen LogP contribution is 2.20. The van der Waals surface area contributed by atoms with E-state index in [1.165, 1.54) is 37.8 Å². The molecule has 0 fully saturated rings. The number of nitrogens with one attached hydrogen (secondary N) is 2. The summed E-state index contributed by atoms with van der Waals surface area (Å²) in [6.45, 7) is -0.154. The van der Waals surface area contributed by atoms with Gasteiger partial charge in [-0.3, -0.25) is 14.5 Å². The molecule has 4 amide bonds. The SMILES string of the molecule is COC(=O)c1csc(NC(=O)[C@H](Cc2ccccc2)N(C=O)C(=O)NCc2cc(F)ccc2OC)n1. The van der Waals surface area contributed by atoms with Crippen LogP contribution in [-0.2, 0) is 27.3 Å². The first-order valence-electron chi connectivity index (χ1n) is 10.6. The molecule has 36 heavy (non-hydrogen) atoms. The van der Waals surface area contributed by atoms with E-state index < -0.39 is 29.8 Å². The second-order valence-electron chi connectivity index (χ2n) is 7.35. The molecule has 1 aromatic heterocycles. The van der Waals surface area contributed by atoms with Gasteiger partial charge in [-0.2, -0.15) is 0 Å². The zero-order chi connectivity index (χ0) is 26.1. The lowest BCUT2D eigenvalue weighted by Crippen LogP contribution is -2.51. The first-order chi connectivity index (χ1) is 17.4. The quantitative estimate of drug-likeness (QED) is 0.315. The van der Waals surface area contributed by atoms with Gasteiger partial charge in [-0.25, -0.2) is 19.0 Å². The third kappa shape index (κ3) is 6.63. The minimum absolute atomic E-state index is 0.00596. The fraction of sp³-hybridized carbons (Fsp3) is 0.208. The molecule has 0 radical (unpaired) electrons. The number of nitrogens with zero attached hydrogens (tertiary/aromatic N) is 2. The Balaban J connectivity index is 1.81. The number of urea groups is 1. The maximum absolute atomic E-state index is 13.7. The van der Waals surface area contributed by atoms with Crippen LogP contribution in [0.25, 0.3) is 0 Å². The normalized spacial score (nSPS) is 11.2. The standard InChI is InChI=1S/C24H23FN4O6S/c1-34-20-9-8-17(25)11-16(20)12-26-24(33)29(14-30)19(10-15-6-4-3-5-7-15)21(31)28-23-27-18(13-36-23)22(32)35-2/h3-9,11,13-14,19H,10,12H2,1-2H3,(H,26,33)(H,27,28,31)/t19-/m0/s1. The van der Waals surface area contributed by atoms with Crippen molar-refractivity contribution in [1.82, 2.24) is 15.2 Å². The zero-order valence-electron chi connectivity index (χ0n) is 19.4. The van der Waals surface area contributed by atoms with E-state index >= 15 is 0 Å². The second-order valence-corrected chi connectivity index (χ2v) is 8.21. The maximum atomic E-state index is 13.7. The van der Waals surface area contributed by atoms with Gasteiger partial charge >= 0.3 is 12.0 Å². The number of rotatable bonds is 10. The van der Waals surface area contributed by atoms with Crippen molar-refractivity contribution in [3.63, 3.8) is 0 Å². The molecule has 3 rings (SSSR count). The van der Waals surface area contributed by atoms with Crippen LogP contribution in [0, 0.1) is 5.82 Å². The number of benzene rings is 2. The lowest BCUT2D eigenvalue weighted by molar-refractivity contribution is -0.127. The van der Waals surface area contributed by atoms with Gasteiger partial charge in [0.25, 0.3) is 0 Å². The van der Waals surface area contributed by atoms with Gasteiger partial charge in [0, 0.05) is 23.9 Å². The van der Waals surface area contributed by atoms with E-state index in [-0.39, 0.29) is 30.2 Å². The molecule has 0 saturated heterocycles. The Kier molecular flexibility index (Phi) is 9.06. The van der Waals surface area contributed by atoms with Crippen LogP contribution in [0.15, 0.2) is 53.9 Å². The number of imide groups is 1. The van der Waals surface area contributed by atoms with Crippen LogP contribution in [0.1, 0.15) is 21.6 Å². The van der Waals surface area contributed by atoms with Gasteiger partial charge in [0.15, 0.2) is 10.8 Å². The summed E-state index contributed by atoms with van der Waals surface area (Å²) in [5.41, 5.74) is 1.05. The summed E-state index contributed by atoms with van der Waals surface area (Å²) >= 11 is 0.985. The van der Waals surface area contributed by atoms with Crippen LogP contribution in [0.2, 0.25) is 0 Å². The van der Waals surface area contributed by atoms with Crippen LogP contribution in [-0.4, -0.2) is 54.5 Å².